The molecule has 25 heavy (non-hydrogen) atoms. The van der Waals surface area contributed by atoms with Crippen LogP contribution in [0.15, 0.2) is 65.5 Å². The number of nitrogens with one attached hydrogen (secondary N) is 2. The first-order valence-electron chi connectivity index (χ1n) is 7.78. The van der Waals surface area contributed by atoms with Crippen molar-refractivity contribution in [2.75, 3.05) is 10.6 Å². The van der Waals surface area contributed by atoms with E-state index in [4.69, 9.17) is 0 Å². The normalized spacial score (nSPS) is 10.3. The number of anilines is 2. The van der Waals surface area contributed by atoms with E-state index in [1.54, 1.807) is 30.7 Å². The van der Waals surface area contributed by atoms with E-state index < -0.39 is 0 Å². The fourth-order valence-corrected chi connectivity index (χ4v) is 2.62. The molecule has 6 heteroatoms. The molecule has 0 fully saturated rings. The highest BCUT2D eigenvalue weighted by atomic mass is 79.9. The molecule has 0 atom stereocenters. The van der Waals surface area contributed by atoms with Gasteiger partial charge in [-0.1, -0.05) is 28.1 Å². The van der Waals surface area contributed by atoms with Crippen molar-refractivity contribution in [2.24, 2.45) is 0 Å². The van der Waals surface area contributed by atoms with Gasteiger partial charge in [0.25, 0.3) is 5.91 Å². The monoisotopic (exact) mass is 396 g/mol. The lowest BCUT2D eigenvalue weighted by molar-refractivity contribution is 0.102. The van der Waals surface area contributed by atoms with Crippen molar-refractivity contribution in [1.29, 1.82) is 0 Å². The number of carbonyl (C=O) groups excluding carboxylic acids is 1. The number of amides is 1. The van der Waals surface area contributed by atoms with E-state index in [1.165, 1.54) is 0 Å². The predicted molar refractivity (Wildman–Crippen MR) is 103 cm³/mol. The van der Waals surface area contributed by atoms with Gasteiger partial charge in [-0.2, -0.15) is 0 Å². The molecule has 0 saturated carbocycles. The summed E-state index contributed by atoms with van der Waals surface area (Å²) in [5.74, 6) is 0.462. The molecule has 0 bridgehead atoms. The molecule has 3 aromatic rings. The number of carbonyl (C=O) groups is 1. The lowest BCUT2D eigenvalue weighted by Gasteiger charge is -2.09. The lowest BCUT2D eigenvalue weighted by Crippen LogP contribution is -2.13. The second-order valence-corrected chi connectivity index (χ2v) is 6.42. The molecule has 5 nitrogen and oxygen atoms in total. The average Bonchev–Trinajstić information content (AvgIpc) is 2.64. The molecule has 0 aliphatic carbocycles. The number of pyridine rings is 2. The zero-order chi connectivity index (χ0) is 17.6. The molecule has 1 aromatic carbocycles. The van der Waals surface area contributed by atoms with E-state index in [0.717, 1.165) is 21.3 Å². The second-order valence-electron chi connectivity index (χ2n) is 5.56. The van der Waals surface area contributed by atoms with Crippen LogP contribution in [0.25, 0.3) is 0 Å². The Bertz CT molecular complexity index is 884. The minimum absolute atomic E-state index is 0.178. The van der Waals surface area contributed by atoms with Crippen LogP contribution in [-0.2, 0) is 6.54 Å². The maximum atomic E-state index is 12.4. The lowest BCUT2D eigenvalue weighted by atomic mass is 10.2. The molecule has 2 heterocycles. The Labute approximate surface area is 154 Å². The summed E-state index contributed by atoms with van der Waals surface area (Å²) < 4.78 is 0.957. The first-order chi connectivity index (χ1) is 12.1. The largest absolute Gasteiger partial charge is 0.366 e. The van der Waals surface area contributed by atoms with E-state index in [1.807, 2.05) is 37.3 Å². The standard InChI is InChI=1S/C19H17BrN4O/c1-13-4-5-16(10-17(13)20)24-19(25)15-6-8-22-18(9-15)23-12-14-3-2-7-21-11-14/h2-11H,12H2,1H3,(H,22,23)(H,24,25). The molecular formula is C19H17BrN4O. The highest BCUT2D eigenvalue weighted by Gasteiger charge is 2.08. The Balaban J connectivity index is 1.67. The van der Waals surface area contributed by atoms with Gasteiger partial charge in [-0.05, 0) is 48.4 Å². The van der Waals surface area contributed by atoms with E-state index >= 15 is 0 Å². The van der Waals surface area contributed by atoms with Crippen LogP contribution < -0.4 is 10.6 Å². The van der Waals surface area contributed by atoms with Gasteiger partial charge in [0.2, 0.25) is 0 Å². The second kappa shape index (κ2) is 7.90. The molecule has 0 aliphatic rings. The topological polar surface area (TPSA) is 66.9 Å². The number of nitrogens with zero attached hydrogens (tertiary/aromatic N) is 2. The van der Waals surface area contributed by atoms with Gasteiger partial charge in [0.15, 0.2) is 0 Å². The zero-order valence-corrected chi connectivity index (χ0v) is 15.2. The summed E-state index contributed by atoms with van der Waals surface area (Å²) in [7, 11) is 0. The maximum absolute atomic E-state index is 12.4. The molecule has 2 aromatic heterocycles. The quantitative estimate of drug-likeness (QED) is 0.669. The van der Waals surface area contributed by atoms with Crippen LogP contribution in [0, 0.1) is 6.92 Å². The van der Waals surface area contributed by atoms with E-state index in [0.29, 0.717) is 17.9 Å². The molecule has 126 valence electrons. The summed E-state index contributed by atoms with van der Waals surface area (Å²) >= 11 is 3.47. The minimum Gasteiger partial charge on any atom is -0.366 e. The van der Waals surface area contributed by atoms with Gasteiger partial charge in [-0.25, -0.2) is 4.98 Å². The van der Waals surface area contributed by atoms with Crippen molar-refractivity contribution < 1.29 is 4.79 Å². The van der Waals surface area contributed by atoms with Crippen LogP contribution in [0.3, 0.4) is 0 Å². The van der Waals surface area contributed by atoms with E-state index in [9.17, 15) is 4.79 Å². The van der Waals surface area contributed by atoms with Crippen LogP contribution in [0.1, 0.15) is 21.5 Å². The van der Waals surface area contributed by atoms with Gasteiger partial charge in [0, 0.05) is 40.9 Å². The van der Waals surface area contributed by atoms with E-state index in [2.05, 4.69) is 36.5 Å². The van der Waals surface area contributed by atoms with Gasteiger partial charge < -0.3 is 10.6 Å². The Morgan fingerprint density at radius 3 is 2.80 bits per heavy atom. The fraction of sp³-hybridized carbons (Fsp3) is 0.105. The molecule has 0 spiro atoms. The van der Waals surface area contributed by atoms with E-state index in [-0.39, 0.29) is 5.91 Å². The van der Waals surface area contributed by atoms with Crippen molar-refractivity contribution in [3.63, 3.8) is 0 Å². The fourth-order valence-electron chi connectivity index (χ4n) is 2.24. The molecule has 1 amide bonds. The third-order valence-corrected chi connectivity index (χ3v) is 4.50. The first kappa shape index (κ1) is 17.1. The number of aromatic nitrogens is 2. The Hall–Kier alpha value is -2.73. The van der Waals surface area contributed by atoms with Crippen LogP contribution in [0.4, 0.5) is 11.5 Å². The number of benzene rings is 1. The third kappa shape index (κ3) is 4.64. The van der Waals surface area contributed by atoms with Crippen molar-refractivity contribution in [3.8, 4) is 0 Å². The van der Waals surface area contributed by atoms with Gasteiger partial charge in [-0.3, -0.25) is 9.78 Å². The number of halogens is 1. The number of rotatable bonds is 5. The molecular weight excluding hydrogens is 380 g/mol. The summed E-state index contributed by atoms with van der Waals surface area (Å²) in [5, 5.41) is 6.09. The van der Waals surface area contributed by atoms with Crippen LogP contribution >= 0.6 is 15.9 Å². The Morgan fingerprint density at radius 2 is 2.04 bits per heavy atom. The van der Waals surface area contributed by atoms with Gasteiger partial charge in [0.1, 0.15) is 5.82 Å². The number of aryl methyl sites for hydroxylation is 1. The number of hydrogen-bond donors (Lipinski definition) is 2. The highest BCUT2D eigenvalue weighted by molar-refractivity contribution is 9.10. The van der Waals surface area contributed by atoms with Crippen LogP contribution in [-0.4, -0.2) is 15.9 Å². The van der Waals surface area contributed by atoms with Crippen molar-refractivity contribution in [1.82, 2.24) is 9.97 Å². The minimum atomic E-state index is -0.178. The van der Waals surface area contributed by atoms with Crippen molar-refractivity contribution in [2.45, 2.75) is 13.5 Å². The molecule has 0 saturated heterocycles. The molecule has 3 rings (SSSR count). The first-order valence-corrected chi connectivity index (χ1v) is 8.57. The number of hydrogen-bond acceptors (Lipinski definition) is 4. The third-order valence-electron chi connectivity index (χ3n) is 3.65. The molecule has 0 aliphatic heterocycles. The summed E-state index contributed by atoms with van der Waals surface area (Å²) in [5.41, 5.74) is 3.44. The maximum Gasteiger partial charge on any atom is 0.255 e. The summed E-state index contributed by atoms with van der Waals surface area (Å²) in [4.78, 5) is 20.8. The SMILES string of the molecule is Cc1ccc(NC(=O)c2ccnc(NCc3cccnc3)c2)cc1Br. The molecule has 2 N–H and O–H groups in total. The predicted octanol–water partition coefficient (Wildman–Crippen LogP) is 4.41. The van der Waals surface area contributed by atoms with Crippen molar-refractivity contribution >= 4 is 33.3 Å². The highest BCUT2D eigenvalue weighted by Crippen LogP contribution is 2.21. The summed E-state index contributed by atoms with van der Waals surface area (Å²) in [6, 6.07) is 13.0. The smallest absolute Gasteiger partial charge is 0.255 e. The molecule has 0 unspecified atom stereocenters. The van der Waals surface area contributed by atoms with Crippen LogP contribution in [0.5, 0.6) is 0 Å². The molecule has 0 radical (unpaired) electrons. The Morgan fingerprint density at radius 1 is 1.16 bits per heavy atom. The van der Waals surface area contributed by atoms with Gasteiger partial charge in [-0.15, -0.1) is 0 Å². The Kier molecular flexibility index (Phi) is 5.40. The summed E-state index contributed by atoms with van der Waals surface area (Å²) in [6.07, 6.45) is 5.14. The van der Waals surface area contributed by atoms with Crippen LogP contribution in [0.2, 0.25) is 0 Å². The average molecular weight is 397 g/mol. The zero-order valence-electron chi connectivity index (χ0n) is 13.7. The van der Waals surface area contributed by atoms with Gasteiger partial charge in [0.05, 0.1) is 0 Å². The van der Waals surface area contributed by atoms with Crippen molar-refractivity contribution in [3.05, 3.63) is 82.2 Å². The van der Waals surface area contributed by atoms with Gasteiger partial charge >= 0.3 is 0 Å². The summed E-state index contributed by atoms with van der Waals surface area (Å²) in [6.45, 7) is 2.59.